The smallest absolute Gasteiger partial charge is 0.0558 e. The zero-order valence-corrected chi connectivity index (χ0v) is 7.58. The molecule has 1 N–H and O–H groups in total. The number of hydrogen-bond acceptors (Lipinski definition) is 2. The molecule has 1 fully saturated rings. The van der Waals surface area contributed by atoms with E-state index < -0.39 is 0 Å². The zero-order chi connectivity index (χ0) is 8.27. The second-order valence-corrected chi connectivity index (χ2v) is 3.68. The Morgan fingerprint density at radius 2 is 2.18 bits per heavy atom. The SMILES string of the molecule is CC1CCCC1N(C)CCO. The van der Waals surface area contributed by atoms with Crippen LogP contribution in [-0.4, -0.2) is 36.2 Å². The molecular weight excluding hydrogens is 138 g/mol. The van der Waals surface area contributed by atoms with Gasteiger partial charge in [0.05, 0.1) is 6.61 Å². The molecule has 0 heterocycles. The van der Waals surface area contributed by atoms with E-state index in [2.05, 4.69) is 18.9 Å². The Bertz CT molecular complexity index is 116. The highest BCUT2D eigenvalue weighted by Crippen LogP contribution is 2.28. The molecule has 0 aromatic carbocycles. The fraction of sp³-hybridized carbons (Fsp3) is 1.00. The maximum Gasteiger partial charge on any atom is 0.0558 e. The molecule has 1 aliphatic carbocycles. The van der Waals surface area contributed by atoms with Crippen molar-refractivity contribution in [3.05, 3.63) is 0 Å². The molecule has 1 saturated carbocycles. The summed E-state index contributed by atoms with van der Waals surface area (Å²) in [6.45, 7) is 3.43. The molecule has 2 nitrogen and oxygen atoms in total. The van der Waals surface area contributed by atoms with Crippen molar-refractivity contribution in [2.75, 3.05) is 20.2 Å². The highest BCUT2D eigenvalue weighted by Gasteiger charge is 2.25. The van der Waals surface area contributed by atoms with Gasteiger partial charge >= 0.3 is 0 Å². The molecule has 0 amide bonds. The van der Waals surface area contributed by atoms with Crippen molar-refractivity contribution in [2.45, 2.75) is 32.2 Å². The third-order valence-corrected chi connectivity index (χ3v) is 2.84. The number of hydrogen-bond donors (Lipinski definition) is 1. The summed E-state index contributed by atoms with van der Waals surface area (Å²) in [5, 5.41) is 8.74. The third-order valence-electron chi connectivity index (χ3n) is 2.84. The van der Waals surface area contributed by atoms with Crippen LogP contribution in [0.2, 0.25) is 0 Å². The minimum absolute atomic E-state index is 0.291. The Hall–Kier alpha value is -0.0800. The van der Waals surface area contributed by atoms with Gasteiger partial charge < -0.3 is 10.0 Å². The highest BCUT2D eigenvalue weighted by atomic mass is 16.3. The molecular formula is C9H19NO. The van der Waals surface area contributed by atoms with E-state index in [9.17, 15) is 0 Å². The van der Waals surface area contributed by atoms with Gasteiger partial charge in [-0.1, -0.05) is 13.3 Å². The molecule has 0 bridgehead atoms. The van der Waals surface area contributed by atoms with E-state index in [1.54, 1.807) is 0 Å². The minimum Gasteiger partial charge on any atom is -0.395 e. The van der Waals surface area contributed by atoms with Crippen LogP contribution in [0.1, 0.15) is 26.2 Å². The van der Waals surface area contributed by atoms with Crippen LogP contribution in [0.25, 0.3) is 0 Å². The van der Waals surface area contributed by atoms with Crippen LogP contribution in [0, 0.1) is 5.92 Å². The predicted molar refractivity (Wildman–Crippen MR) is 46.5 cm³/mol. The topological polar surface area (TPSA) is 23.5 Å². The molecule has 2 unspecified atom stereocenters. The fourth-order valence-electron chi connectivity index (χ4n) is 2.10. The van der Waals surface area contributed by atoms with Gasteiger partial charge in [0.15, 0.2) is 0 Å². The lowest BCUT2D eigenvalue weighted by molar-refractivity contribution is 0.160. The first-order valence-electron chi connectivity index (χ1n) is 4.57. The average molecular weight is 157 g/mol. The number of aliphatic hydroxyl groups is 1. The molecule has 2 heteroatoms. The number of nitrogens with zero attached hydrogens (tertiary/aromatic N) is 1. The van der Waals surface area contributed by atoms with Crippen molar-refractivity contribution < 1.29 is 5.11 Å². The van der Waals surface area contributed by atoms with Gasteiger partial charge in [-0.2, -0.15) is 0 Å². The van der Waals surface area contributed by atoms with Gasteiger partial charge in [-0.25, -0.2) is 0 Å². The lowest BCUT2D eigenvalue weighted by Gasteiger charge is -2.26. The normalized spacial score (nSPS) is 31.6. The summed E-state index contributed by atoms with van der Waals surface area (Å²) < 4.78 is 0. The standard InChI is InChI=1S/C9H19NO/c1-8-4-3-5-9(8)10(2)6-7-11/h8-9,11H,3-7H2,1-2H3. The molecule has 0 saturated heterocycles. The second kappa shape index (κ2) is 4.07. The number of aliphatic hydroxyl groups excluding tert-OH is 1. The van der Waals surface area contributed by atoms with Crippen LogP contribution in [0.3, 0.4) is 0 Å². The summed E-state index contributed by atoms with van der Waals surface area (Å²) >= 11 is 0. The van der Waals surface area contributed by atoms with Crippen molar-refractivity contribution in [2.24, 2.45) is 5.92 Å². The molecule has 0 aromatic heterocycles. The summed E-state index contributed by atoms with van der Waals surface area (Å²) in [6, 6.07) is 0.724. The number of likely N-dealkylation sites (N-methyl/N-ethyl adjacent to an activating group) is 1. The summed E-state index contributed by atoms with van der Waals surface area (Å²) in [5.74, 6) is 0.826. The van der Waals surface area contributed by atoms with Crippen molar-refractivity contribution in [1.82, 2.24) is 4.90 Å². The van der Waals surface area contributed by atoms with Gasteiger partial charge in [-0.3, -0.25) is 0 Å². The number of rotatable bonds is 3. The van der Waals surface area contributed by atoms with Gasteiger partial charge in [0.25, 0.3) is 0 Å². The summed E-state index contributed by atoms with van der Waals surface area (Å²) in [5.41, 5.74) is 0. The fourth-order valence-corrected chi connectivity index (χ4v) is 2.10. The van der Waals surface area contributed by atoms with Crippen LogP contribution >= 0.6 is 0 Å². The third kappa shape index (κ3) is 2.17. The van der Waals surface area contributed by atoms with Crippen LogP contribution in [-0.2, 0) is 0 Å². The Kier molecular flexibility index (Phi) is 3.34. The van der Waals surface area contributed by atoms with Crippen LogP contribution in [0.15, 0.2) is 0 Å². The first kappa shape index (κ1) is 9.01. The molecule has 0 aliphatic heterocycles. The van der Waals surface area contributed by atoms with Gasteiger partial charge in [-0.15, -0.1) is 0 Å². The summed E-state index contributed by atoms with van der Waals surface area (Å²) in [6.07, 6.45) is 4.04. The minimum atomic E-state index is 0.291. The zero-order valence-electron chi connectivity index (χ0n) is 7.58. The quantitative estimate of drug-likeness (QED) is 0.663. The largest absolute Gasteiger partial charge is 0.395 e. The maximum absolute atomic E-state index is 8.74. The molecule has 11 heavy (non-hydrogen) atoms. The van der Waals surface area contributed by atoms with E-state index in [1.165, 1.54) is 19.3 Å². The van der Waals surface area contributed by atoms with E-state index in [1.807, 2.05) is 0 Å². The summed E-state index contributed by atoms with van der Waals surface area (Å²) in [4.78, 5) is 2.29. The molecule has 1 rings (SSSR count). The highest BCUT2D eigenvalue weighted by molar-refractivity contribution is 4.80. The monoisotopic (exact) mass is 157 g/mol. The van der Waals surface area contributed by atoms with Crippen LogP contribution in [0.5, 0.6) is 0 Å². The molecule has 66 valence electrons. The molecule has 0 radical (unpaired) electrons. The van der Waals surface area contributed by atoms with E-state index in [4.69, 9.17) is 5.11 Å². The van der Waals surface area contributed by atoms with Crippen molar-refractivity contribution >= 4 is 0 Å². The lowest BCUT2D eigenvalue weighted by atomic mass is 10.1. The van der Waals surface area contributed by atoms with E-state index in [-0.39, 0.29) is 0 Å². The molecule has 1 aliphatic rings. The Balaban J connectivity index is 2.33. The van der Waals surface area contributed by atoms with Crippen LogP contribution in [0.4, 0.5) is 0 Å². The van der Waals surface area contributed by atoms with E-state index >= 15 is 0 Å². The second-order valence-electron chi connectivity index (χ2n) is 3.68. The average Bonchev–Trinajstić information content (AvgIpc) is 2.36. The molecule has 0 aromatic rings. The molecule has 0 spiro atoms. The van der Waals surface area contributed by atoms with E-state index in [0.29, 0.717) is 6.61 Å². The van der Waals surface area contributed by atoms with Gasteiger partial charge in [-0.05, 0) is 25.8 Å². The Morgan fingerprint density at radius 1 is 1.45 bits per heavy atom. The summed E-state index contributed by atoms with van der Waals surface area (Å²) in [7, 11) is 2.11. The maximum atomic E-state index is 8.74. The van der Waals surface area contributed by atoms with Gasteiger partial charge in [0, 0.05) is 12.6 Å². The predicted octanol–water partition coefficient (Wildman–Crippen LogP) is 1.10. The van der Waals surface area contributed by atoms with Crippen molar-refractivity contribution in [3.8, 4) is 0 Å². The first-order chi connectivity index (χ1) is 5.25. The Labute approximate surface area is 69.2 Å². The van der Waals surface area contributed by atoms with Crippen LogP contribution < -0.4 is 0 Å². The lowest BCUT2D eigenvalue weighted by Crippen LogP contribution is -2.35. The van der Waals surface area contributed by atoms with Crippen molar-refractivity contribution in [1.29, 1.82) is 0 Å². The van der Waals surface area contributed by atoms with Gasteiger partial charge in [0.2, 0.25) is 0 Å². The Morgan fingerprint density at radius 3 is 2.64 bits per heavy atom. The first-order valence-corrected chi connectivity index (χ1v) is 4.57. The van der Waals surface area contributed by atoms with Crippen molar-refractivity contribution in [3.63, 3.8) is 0 Å². The molecule has 2 atom stereocenters. The van der Waals surface area contributed by atoms with E-state index in [0.717, 1.165) is 18.5 Å². The van der Waals surface area contributed by atoms with Gasteiger partial charge in [0.1, 0.15) is 0 Å².